The highest BCUT2D eigenvalue weighted by atomic mass is 19.3. The van der Waals surface area contributed by atoms with E-state index in [0.29, 0.717) is 16.7 Å². The van der Waals surface area contributed by atoms with E-state index in [1.807, 2.05) is 13.8 Å². The maximum absolute atomic E-state index is 13.0. The fourth-order valence-electron chi connectivity index (χ4n) is 3.15. The molecule has 0 bridgehead atoms. The zero-order chi connectivity index (χ0) is 23.6. The Morgan fingerprint density at radius 2 is 1.81 bits per heavy atom. The molecule has 0 saturated heterocycles. The molecule has 9 nitrogen and oxygen atoms in total. The summed E-state index contributed by atoms with van der Waals surface area (Å²) >= 11 is 0. The molecule has 0 fully saturated rings. The van der Waals surface area contributed by atoms with Crippen LogP contribution in [0.1, 0.15) is 46.3 Å². The van der Waals surface area contributed by atoms with Crippen LogP contribution in [0, 0.1) is 6.92 Å². The van der Waals surface area contributed by atoms with Crippen molar-refractivity contribution in [3.63, 3.8) is 0 Å². The molecule has 0 aliphatic carbocycles. The summed E-state index contributed by atoms with van der Waals surface area (Å²) in [5.41, 5.74) is 1.09. The number of amides is 1. The van der Waals surface area contributed by atoms with Gasteiger partial charge in [-0.1, -0.05) is 0 Å². The number of esters is 1. The molecule has 0 aliphatic rings. The van der Waals surface area contributed by atoms with E-state index in [1.54, 1.807) is 23.9 Å². The molecule has 0 spiro atoms. The van der Waals surface area contributed by atoms with E-state index in [0.717, 1.165) is 19.2 Å². The maximum atomic E-state index is 13.0. The topological polar surface area (TPSA) is 105 Å². The van der Waals surface area contributed by atoms with Gasteiger partial charge >= 0.3 is 12.6 Å². The Bertz CT molecular complexity index is 1180. The van der Waals surface area contributed by atoms with Gasteiger partial charge in [-0.15, -0.1) is 0 Å². The average Bonchev–Trinajstić information content (AvgIpc) is 3.15. The largest absolute Gasteiger partial charge is 0.493 e. The highest BCUT2D eigenvalue weighted by molar-refractivity contribution is 6.10. The SMILES string of the molecule is COC(=O)c1cc(OC)c(OC(F)F)cc1NC(=O)c1cc2cnn(C(C)C)c2nc1C. The molecule has 0 atom stereocenters. The van der Waals surface area contributed by atoms with E-state index >= 15 is 0 Å². The Hall–Kier alpha value is -3.76. The number of anilines is 1. The minimum absolute atomic E-state index is 0.0780. The summed E-state index contributed by atoms with van der Waals surface area (Å²) in [5.74, 6) is -1.88. The third-order valence-corrected chi connectivity index (χ3v) is 4.67. The van der Waals surface area contributed by atoms with Crippen molar-refractivity contribution in [1.82, 2.24) is 14.8 Å². The van der Waals surface area contributed by atoms with E-state index in [2.05, 4.69) is 20.1 Å². The summed E-state index contributed by atoms with van der Waals surface area (Å²) in [7, 11) is 2.38. The van der Waals surface area contributed by atoms with Crippen LogP contribution in [-0.2, 0) is 4.74 Å². The van der Waals surface area contributed by atoms with E-state index in [1.165, 1.54) is 7.11 Å². The number of ether oxygens (including phenoxy) is 3. The van der Waals surface area contributed by atoms with Gasteiger partial charge in [-0.3, -0.25) is 4.79 Å². The van der Waals surface area contributed by atoms with E-state index < -0.39 is 18.5 Å². The molecular weight excluding hydrogens is 426 g/mol. The second-order valence-electron chi connectivity index (χ2n) is 7.09. The monoisotopic (exact) mass is 448 g/mol. The molecule has 1 N–H and O–H groups in total. The summed E-state index contributed by atoms with van der Waals surface area (Å²) in [6.45, 7) is 2.44. The lowest BCUT2D eigenvalue weighted by Crippen LogP contribution is -2.18. The number of carbonyl (C=O) groups is 2. The van der Waals surface area contributed by atoms with Gasteiger partial charge in [0, 0.05) is 23.6 Å². The second-order valence-corrected chi connectivity index (χ2v) is 7.09. The van der Waals surface area contributed by atoms with Crippen molar-refractivity contribution in [2.24, 2.45) is 0 Å². The molecule has 3 aromatic rings. The first-order valence-corrected chi connectivity index (χ1v) is 9.57. The van der Waals surface area contributed by atoms with Crippen LogP contribution in [0.15, 0.2) is 24.4 Å². The van der Waals surface area contributed by atoms with Gasteiger partial charge < -0.3 is 19.5 Å². The van der Waals surface area contributed by atoms with Crippen molar-refractivity contribution in [1.29, 1.82) is 0 Å². The van der Waals surface area contributed by atoms with E-state index in [9.17, 15) is 18.4 Å². The summed E-state index contributed by atoms with van der Waals surface area (Å²) in [5, 5.41) is 7.49. The summed E-state index contributed by atoms with van der Waals surface area (Å²) < 4.78 is 41.6. The highest BCUT2D eigenvalue weighted by Gasteiger charge is 2.23. The van der Waals surface area contributed by atoms with Gasteiger partial charge in [-0.05, 0) is 26.8 Å². The van der Waals surface area contributed by atoms with Crippen molar-refractivity contribution in [2.75, 3.05) is 19.5 Å². The molecule has 1 aromatic carbocycles. The van der Waals surface area contributed by atoms with Crippen molar-refractivity contribution in [3.05, 3.63) is 41.2 Å². The lowest BCUT2D eigenvalue weighted by Gasteiger charge is -2.16. The van der Waals surface area contributed by atoms with Crippen LogP contribution in [0.25, 0.3) is 11.0 Å². The summed E-state index contributed by atoms with van der Waals surface area (Å²) in [6.07, 6.45) is 1.60. The predicted octanol–water partition coefficient (Wildman–Crippen LogP) is 3.97. The molecule has 2 aromatic heterocycles. The number of nitrogens with one attached hydrogen (secondary N) is 1. The van der Waals surface area contributed by atoms with Crippen LogP contribution in [0.5, 0.6) is 11.5 Å². The number of hydrogen-bond acceptors (Lipinski definition) is 7. The van der Waals surface area contributed by atoms with Gasteiger partial charge in [-0.2, -0.15) is 13.9 Å². The van der Waals surface area contributed by atoms with E-state index in [-0.39, 0.29) is 34.4 Å². The summed E-state index contributed by atoms with van der Waals surface area (Å²) in [6, 6.07) is 3.93. The molecule has 2 heterocycles. The third-order valence-electron chi connectivity index (χ3n) is 4.67. The molecule has 170 valence electrons. The second kappa shape index (κ2) is 9.16. The summed E-state index contributed by atoms with van der Waals surface area (Å²) in [4.78, 5) is 29.7. The number of aromatic nitrogens is 3. The number of pyridine rings is 1. The Kier molecular flexibility index (Phi) is 6.56. The Balaban J connectivity index is 2.04. The van der Waals surface area contributed by atoms with Gasteiger partial charge in [0.1, 0.15) is 0 Å². The molecule has 1 amide bonds. The molecule has 32 heavy (non-hydrogen) atoms. The maximum Gasteiger partial charge on any atom is 0.387 e. The Morgan fingerprint density at radius 1 is 1.09 bits per heavy atom. The predicted molar refractivity (Wildman–Crippen MR) is 112 cm³/mol. The molecule has 0 radical (unpaired) electrons. The fourth-order valence-corrected chi connectivity index (χ4v) is 3.15. The van der Waals surface area contributed by atoms with Crippen LogP contribution in [0.4, 0.5) is 14.5 Å². The van der Waals surface area contributed by atoms with Gasteiger partial charge in [0.25, 0.3) is 5.91 Å². The molecule has 0 aliphatic heterocycles. The standard InChI is InChI=1S/C21H22F2N4O5/c1-10(2)27-18-12(9-24-27)6-13(11(3)25-18)19(28)26-15-8-17(32-21(22)23)16(30-4)7-14(15)20(29)31-5/h6-10,21H,1-5H3,(H,26,28). The first-order chi connectivity index (χ1) is 15.2. The molecule has 0 unspecified atom stereocenters. The zero-order valence-electron chi connectivity index (χ0n) is 18.1. The number of nitrogens with zero attached hydrogens (tertiary/aromatic N) is 3. The van der Waals surface area contributed by atoms with Crippen molar-refractivity contribution >= 4 is 28.6 Å². The molecular formula is C21H22F2N4O5. The minimum atomic E-state index is -3.14. The number of rotatable bonds is 7. The molecule has 0 saturated carbocycles. The smallest absolute Gasteiger partial charge is 0.387 e. The van der Waals surface area contributed by atoms with Crippen LogP contribution in [0.2, 0.25) is 0 Å². The lowest BCUT2D eigenvalue weighted by molar-refractivity contribution is -0.0511. The van der Waals surface area contributed by atoms with Gasteiger partial charge in [0.15, 0.2) is 17.1 Å². The number of hydrogen-bond donors (Lipinski definition) is 1. The number of halogens is 2. The normalized spacial score (nSPS) is 11.2. The highest BCUT2D eigenvalue weighted by Crippen LogP contribution is 2.35. The van der Waals surface area contributed by atoms with Crippen molar-refractivity contribution < 1.29 is 32.6 Å². The number of benzene rings is 1. The lowest BCUT2D eigenvalue weighted by atomic mass is 10.1. The van der Waals surface area contributed by atoms with Crippen molar-refractivity contribution in [2.45, 2.75) is 33.4 Å². The van der Waals surface area contributed by atoms with Crippen LogP contribution >= 0.6 is 0 Å². The first-order valence-electron chi connectivity index (χ1n) is 9.57. The van der Waals surface area contributed by atoms with Gasteiger partial charge in [-0.25, -0.2) is 14.5 Å². The van der Waals surface area contributed by atoms with Gasteiger partial charge in [0.2, 0.25) is 0 Å². The molecule has 11 heteroatoms. The number of methoxy groups -OCH3 is 2. The number of carbonyl (C=O) groups excluding carboxylic acids is 2. The first kappa shape index (κ1) is 22.9. The van der Waals surface area contributed by atoms with Crippen molar-refractivity contribution in [3.8, 4) is 11.5 Å². The Morgan fingerprint density at radius 3 is 2.41 bits per heavy atom. The quantitative estimate of drug-likeness (QED) is 0.546. The van der Waals surface area contributed by atoms with Crippen LogP contribution < -0.4 is 14.8 Å². The fraction of sp³-hybridized carbons (Fsp3) is 0.333. The minimum Gasteiger partial charge on any atom is -0.493 e. The van der Waals surface area contributed by atoms with Crippen LogP contribution in [-0.4, -0.2) is 47.5 Å². The number of aryl methyl sites for hydroxylation is 1. The third kappa shape index (κ3) is 4.46. The van der Waals surface area contributed by atoms with Gasteiger partial charge in [0.05, 0.1) is 42.9 Å². The van der Waals surface area contributed by atoms with E-state index in [4.69, 9.17) is 9.47 Å². The number of alkyl halides is 2. The number of fused-ring (bicyclic) bond motifs is 1. The average molecular weight is 448 g/mol. The van der Waals surface area contributed by atoms with Crippen LogP contribution in [0.3, 0.4) is 0 Å². The molecule has 3 rings (SSSR count). The Labute approximate surface area is 182 Å². The zero-order valence-corrected chi connectivity index (χ0v) is 18.1.